The van der Waals surface area contributed by atoms with Crippen molar-refractivity contribution in [2.45, 2.75) is 38.1 Å². The summed E-state index contributed by atoms with van der Waals surface area (Å²) in [4.78, 5) is 2.46. The minimum atomic E-state index is 0.693. The number of nitrogens with one attached hydrogen (secondary N) is 2. The van der Waals surface area contributed by atoms with Gasteiger partial charge >= 0.3 is 0 Å². The molecule has 3 rings (SSSR count). The van der Waals surface area contributed by atoms with Crippen molar-refractivity contribution in [2.24, 2.45) is 0 Å². The summed E-state index contributed by atoms with van der Waals surface area (Å²) in [5.41, 5.74) is 2.64. The van der Waals surface area contributed by atoms with Crippen molar-refractivity contribution in [1.82, 2.24) is 5.32 Å². The molecule has 0 aromatic heterocycles. The van der Waals surface area contributed by atoms with E-state index < -0.39 is 0 Å². The van der Waals surface area contributed by atoms with Crippen LogP contribution in [0.25, 0.3) is 0 Å². The lowest BCUT2D eigenvalue weighted by molar-refractivity contribution is 0.463. The zero-order valence-electron chi connectivity index (χ0n) is 11.7. The van der Waals surface area contributed by atoms with Gasteiger partial charge in [-0.3, -0.25) is 0 Å². The van der Waals surface area contributed by atoms with Gasteiger partial charge in [0.25, 0.3) is 0 Å². The SMILES string of the molecule is c1cc(N2CCNCC2)ccc1NC1CCCCC1. The largest absolute Gasteiger partial charge is 0.382 e. The first-order valence-electron chi connectivity index (χ1n) is 7.74. The van der Waals surface area contributed by atoms with Gasteiger partial charge in [0.2, 0.25) is 0 Å². The summed E-state index contributed by atoms with van der Waals surface area (Å²) in [6.07, 6.45) is 6.85. The Kier molecular flexibility index (Phi) is 4.23. The van der Waals surface area contributed by atoms with Crippen LogP contribution in [0.3, 0.4) is 0 Å². The molecule has 1 saturated carbocycles. The molecule has 2 N–H and O–H groups in total. The number of piperazine rings is 1. The highest BCUT2D eigenvalue weighted by Gasteiger charge is 2.13. The lowest BCUT2D eigenvalue weighted by Gasteiger charge is -2.30. The van der Waals surface area contributed by atoms with Gasteiger partial charge in [-0.1, -0.05) is 19.3 Å². The summed E-state index contributed by atoms with van der Waals surface area (Å²) >= 11 is 0. The van der Waals surface area contributed by atoms with Crippen LogP contribution in [0.1, 0.15) is 32.1 Å². The molecule has 0 unspecified atom stereocenters. The molecule has 1 aromatic carbocycles. The molecule has 2 fully saturated rings. The first kappa shape index (κ1) is 12.8. The number of hydrogen-bond donors (Lipinski definition) is 2. The quantitative estimate of drug-likeness (QED) is 0.874. The molecule has 0 radical (unpaired) electrons. The van der Waals surface area contributed by atoms with E-state index in [9.17, 15) is 0 Å². The van der Waals surface area contributed by atoms with E-state index in [1.54, 1.807) is 0 Å². The predicted molar refractivity (Wildman–Crippen MR) is 82.0 cm³/mol. The standard InChI is InChI=1S/C16H25N3/c1-2-4-14(5-3-1)18-15-6-8-16(9-7-15)19-12-10-17-11-13-19/h6-9,14,17-18H,1-5,10-13H2. The van der Waals surface area contributed by atoms with Crippen molar-refractivity contribution >= 4 is 11.4 Å². The average molecular weight is 259 g/mol. The van der Waals surface area contributed by atoms with E-state index in [2.05, 4.69) is 39.8 Å². The number of rotatable bonds is 3. The monoisotopic (exact) mass is 259 g/mol. The molecule has 0 spiro atoms. The summed E-state index contributed by atoms with van der Waals surface area (Å²) in [6, 6.07) is 9.70. The molecule has 3 nitrogen and oxygen atoms in total. The third kappa shape index (κ3) is 3.41. The van der Waals surface area contributed by atoms with Gasteiger partial charge in [0.05, 0.1) is 0 Å². The lowest BCUT2D eigenvalue weighted by atomic mass is 9.95. The van der Waals surface area contributed by atoms with Crippen LogP contribution in [0.15, 0.2) is 24.3 Å². The van der Waals surface area contributed by atoms with Crippen LogP contribution in [0.2, 0.25) is 0 Å². The molecule has 0 amide bonds. The van der Waals surface area contributed by atoms with Crippen LogP contribution in [0.4, 0.5) is 11.4 Å². The zero-order chi connectivity index (χ0) is 12.9. The van der Waals surface area contributed by atoms with Gasteiger partial charge in [-0.25, -0.2) is 0 Å². The minimum absolute atomic E-state index is 0.693. The van der Waals surface area contributed by atoms with Gasteiger partial charge in [-0.2, -0.15) is 0 Å². The zero-order valence-corrected chi connectivity index (χ0v) is 11.7. The van der Waals surface area contributed by atoms with Crippen LogP contribution < -0.4 is 15.5 Å². The Hall–Kier alpha value is -1.22. The summed E-state index contributed by atoms with van der Waals surface area (Å²) in [5.74, 6) is 0. The van der Waals surface area contributed by atoms with E-state index in [0.717, 1.165) is 26.2 Å². The Balaban J connectivity index is 1.58. The van der Waals surface area contributed by atoms with Crippen molar-refractivity contribution in [2.75, 3.05) is 36.4 Å². The summed E-state index contributed by atoms with van der Waals surface area (Å²) in [6.45, 7) is 4.44. The summed E-state index contributed by atoms with van der Waals surface area (Å²) < 4.78 is 0. The van der Waals surface area contributed by atoms with Crippen molar-refractivity contribution in [1.29, 1.82) is 0 Å². The maximum absolute atomic E-state index is 3.68. The highest BCUT2D eigenvalue weighted by atomic mass is 15.2. The Morgan fingerprint density at radius 3 is 2.32 bits per heavy atom. The van der Waals surface area contributed by atoms with E-state index >= 15 is 0 Å². The van der Waals surface area contributed by atoms with Crippen LogP contribution in [0, 0.1) is 0 Å². The number of anilines is 2. The third-order valence-corrected chi connectivity index (χ3v) is 4.33. The number of nitrogens with zero attached hydrogens (tertiary/aromatic N) is 1. The molecule has 104 valence electrons. The molecule has 0 bridgehead atoms. The second kappa shape index (κ2) is 6.29. The van der Waals surface area contributed by atoms with Gasteiger partial charge in [-0.15, -0.1) is 0 Å². The van der Waals surface area contributed by atoms with Crippen LogP contribution in [-0.2, 0) is 0 Å². The van der Waals surface area contributed by atoms with E-state index in [1.807, 2.05) is 0 Å². The second-order valence-corrected chi connectivity index (χ2v) is 5.76. The third-order valence-electron chi connectivity index (χ3n) is 4.33. The Morgan fingerprint density at radius 1 is 0.947 bits per heavy atom. The molecule has 2 aliphatic rings. The highest BCUT2D eigenvalue weighted by molar-refractivity contribution is 5.55. The van der Waals surface area contributed by atoms with Gasteiger partial charge in [-0.05, 0) is 37.1 Å². The summed E-state index contributed by atoms with van der Waals surface area (Å²) in [5, 5.41) is 7.08. The molecule has 1 saturated heterocycles. The smallest absolute Gasteiger partial charge is 0.0368 e. The molecular weight excluding hydrogens is 234 g/mol. The van der Waals surface area contributed by atoms with Crippen molar-refractivity contribution in [3.63, 3.8) is 0 Å². The van der Waals surface area contributed by atoms with Gasteiger partial charge in [0.15, 0.2) is 0 Å². The Labute approximate surface area is 116 Å². The predicted octanol–water partition coefficient (Wildman–Crippen LogP) is 2.84. The molecule has 3 heteroatoms. The highest BCUT2D eigenvalue weighted by Crippen LogP contribution is 2.23. The van der Waals surface area contributed by atoms with E-state index in [1.165, 1.54) is 43.5 Å². The Morgan fingerprint density at radius 2 is 1.63 bits per heavy atom. The van der Waals surface area contributed by atoms with Crippen LogP contribution in [0.5, 0.6) is 0 Å². The maximum Gasteiger partial charge on any atom is 0.0368 e. The molecule has 1 aliphatic carbocycles. The van der Waals surface area contributed by atoms with Gasteiger partial charge in [0.1, 0.15) is 0 Å². The number of hydrogen-bond acceptors (Lipinski definition) is 3. The van der Waals surface area contributed by atoms with E-state index in [-0.39, 0.29) is 0 Å². The molecule has 1 aliphatic heterocycles. The average Bonchev–Trinajstić information content (AvgIpc) is 2.50. The van der Waals surface area contributed by atoms with Crippen molar-refractivity contribution in [3.8, 4) is 0 Å². The van der Waals surface area contributed by atoms with E-state index in [4.69, 9.17) is 0 Å². The van der Waals surface area contributed by atoms with Gasteiger partial charge < -0.3 is 15.5 Å². The first-order valence-corrected chi connectivity index (χ1v) is 7.74. The number of benzene rings is 1. The summed E-state index contributed by atoms with van der Waals surface area (Å²) in [7, 11) is 0. The normalized spacial score (nSPS) is 21.4. The Bertz CT molecular complexity index is 375. The maximum atomic E-state index is 3.68. The lowest BCUT2D eigenvalue weighted by Crippen LogP contribution is -2.43. The van der Waals surface area contributed by atoms with Crippen LogP contribution >= 0.6 is 0 Å². The fourth-order valence-electron chi connectivity index (χ4n) is 3.17. The second-order valence-electron chi connectivity index (χ2n) is 5.76. The van der Waals surface area contributed by atoms with Crippen LogP contribution in [-0.4, -0.2) is 32.2 Å². The molecule has 0 atom stereocenters. The molecule has 1 aromatic rings. The van der Waals surface area contributed by atoms with E-state index in [0.29, 0.717) is 6.04 Å². The fraction of sp³-hybridized carbons (Fsp3) is 0.625. The molecule has 1 heterocycles. The van der Waals surface area contributed by atoms with Crippen molar-refractivity contribution < 1.29 is 0 Å². The molecular formula is C16H25N3. The minimum Gasteiger partial charge on any atom is -0.382 e. The van der Waals surface area contributed by atoms with Gasteiger partial charge in [0, 0.05) is 43.6 Å². The van der Waals surface area contributed by atoms with Crippen molar-refractivity contribution in [3.05, 3.63) is 24.3 Å². The topological polar surface area (TPSA) is 27.3 Å². The molecule has 19 heavy (non-hydrogen) atoms. The first-order chi connectivity index (χ1) is 9.42. The fourth-order valence-corrected chi connectivity index (χ4v) is 3.17.